The van der Waals surface area contributed by atoms with E-state index in [0.29, 0.717) is 71.6 Å². The smallest absolute Gasteiger partial charge is 0.318 e. The van der Waals surface area contributed by atoms with Gasteiger partial charge in [-0.3, -0.25) is 14.6 Å². The van der Waals surface area contributed by atoms with Crippen molar-refractivity contribution in [2.45, 2.75) is 133 Å². The fourth-order valence-electron chi connectivity index (χ4n) is 11.5. The number of carbonyl (C=O) groups is 1. The van der Waals surface area contributed by atoms with Gasteiger partial charge in [0.15, 0.2) is 11.6 Å². The zero-order valence-corrected chi connectivity index (χ0v) is 37.2. The number of fused-ring (bicyclic) bond motifs is 2. The molecule has 4 heterocycles. The minimum atomic E-state index is -1.00. The summed E-state index contributed by atoms with van der Waals surface area (Å²) >= 11 is 0. The fourth-order valence-corrected chi connectivity index (χ4v) is 11.5. The molecule has 2 aliphatic carbocycles. The number of ether oxygens (including phenoxy) is 3. The van der Waals surface area contributed by atoms with Crippen molar-refractivity contribution >= 4 is 22.5 Å². The van der Waals surface area contributed by atoms with Crippen molar-refractivity contribution in [1.29, 1.82) is 0 Å². The van der Waals surface area contributed by atoms with Crippen LogP contribution in [0.1, 0.15) is 108 Å². The number of benzene rings is 2. The Morgan fingerprint density at radius 3 is 2.60 bits per heavy atom. The van der Waals surface area contributed by atoms with Gasteiger partial charge in [-0.05, 0) is 86.1 Å². The first-order valence-electron chi connectivity index (χ1n) is 22.6. The van der Waals surface area contributed by atoms with E-state index < -0.39 is 23.1 Å². The number of anilines is 1. The van der Waals surface area contributed by atoms with Gasteiger partial charge in [0.1, 0.15) is 24.3 Å². The first-order chi connectivity index (χ1) is 29.7. The molecule has 1 aromatic heterocycles. The van der Waals surface area contributed by atoms with Crippen LogP contribution in [-0.4, -0.2) is 124 Å². The predicted octanol–water partition coefficient (Wildman–Crippen LogP) is 7.78. The predicted molar refractivity (Wildman–Crippen MR) is 237 cm³/mol. The van der Waals surface area contributed by atoms with Crippen molar-refractivity contribution in [2.24, 2.45) is 5.41 Å². The van der Waals surface area contributed by atoms with E-state index in [-0.39, 0.29) is 53.8 Å². The largest absolute Gasteiger partial charge is 0.508 e. The number of halogens is 2. The maximum absolute atomic E-state index is 16.0. The minimum Gasteiger partial charge on any atom is -0.508 e. The van der Waals surface area contributed by atoms with Crippen LogP contribution in [0.5, 0.6) is 17.5 Å². The number of nitrogens with zero attached hydrogens (tertiary/aromatic N) is 5. The van der Waals surface area contributed by atoms with Crippen molar-refractivity contribution in [3.05, 3.63) is 59.6 Å². The molecule has 0 unspecified atom stereocenters. The third-order valence-corrected chi connectivity index (χ3v) is 15.1. The molecule has 2 saturated heterocycles. The van der Waals surface area contributed by atoms with Gasteiger partial charge in [0, 0.05) is 69.0 Å². The standard InChI is InChI=1S/C49H64F2N6O5/c1-8-38-40(51)17-12-32-22-37(58)24-39(43(32)38)33-23-41-44(61-28-33)45(52-29-48(18-10-11-19-48)55(7)42(59)9-2)54-46(53-41)62-30-49(47(4,5)6)25-34(50)26-57(49)36-15-13-35(14-16-36)56-20-21-60-27-31(56)3/h1,9,12,17,22,24,31,33-36,58H,2,10-11,13-16,18-21,23,25-30H2,3-7H3,(H,52,53,54)/t31-,33-,34+,35?,36?,49-/m0/s1. The maximum Gasteiger partial charge on any atom is 0.318 e. The average molecular weight is 855 g/mol. The van der Waals surface area contributed by atoms with Gasteiger partial charge in [0.25, 0.3) is 0 Å². The highest BCUT2D eigenvalue weighted by Gasteiger charge is 2.56. The Morgan fingerprint density at radius 1 is 1.16 bits per heavy atom. The Bertz CT molecular complexity index is 2190. The molecule has 4 fully saturated rings. The monoisotopic (exact) mass is 854 g/mol. The molecule has 0 spiro atoms. The van der Waals surface area contributed by atoms with Gasteiger partial charge in [-0.2, -0.15) is 9.97 Å². The molecule has 1 amide bonds. The highest BCUT2D eigenvalue weighted by molar-refractivity contribution is 5.93. The Kier molecular flexibility index (Phi) is 12.5. The van der Waals surface area contributed by atoms with Crippen LogP contribution in [0.15, 0.2) is 36.9 Å². The summed E-state index contributed by atoms with van der Waals surface area (Å²) in [6.07, 6.45) is 14.6. The molecule has 2 saturated carbocycles. The Hall–Kier alpha value is -4.51. The number of carbonyl (C=O) groups excluding carboxylic acids is 1. The number of phenols is 1. The number of likely N-dealkylation sites (N-methyl/N-ethyl adjacent to an activating group) is 1. The number of morpholine rings is 1. The second-order valence-corrected chi connectivity index (χ2v) is 19.6. The van der Waals surface area contributed by atoms with Crippen molar-refractivity contribution in [1.82, 2.24) is 24.7 Å². The number of hydrogen-bond donors (Lipinski definition) is 2. The van der Waals surface area contributed by atoms with Gasteiger partial charge in [-0.25, -0.2) is 8.78 Å². The zero-order chi connectivity index (χ0) is 44.0. The van der Waals surface area contributed by atoms with Crippen molar-refractivity contribution in [2.75, 3.05) is 58.4 Å². The average Bonchev–Trinajstić information content (AvgIpc) is 3.89. The number of terminal acetylenes is 1. The number of hydrogen-bond acceptors (Lipinski definition) is 10. The summed E-state index contributed by atoms with van der Waals surface area (Å²) in [5.41, 5.74) is -0.103. The number of nitrogens with one attached hydrogen (secondary N) is 1. The first-order valence-corrected chi connectivity index (χ1v) is 22.6. The van der Waals surface area contributed by atoms with Gasteiger partial charge >= 0.3 is 6.01 Å². The molecule has 11 nitrogen and oxygen atoms in total. The Morgan fingerprint density at radius 2 is 1.90 bits per heavy atom. The van der Waals surface area contributed by atoms with Crippen molar-refractivity contribution in [3.8, 4) is 29.9 Å². The van der Waals surface area contributed by atoms with Crippen LogP contribution in [0, 0.1) is 23.6 Å². The minimum absolute atomic E-state index is 0.0332. The number of amides is 1. The molecule has 4 atom stereocenters. The second kappa shape index (κ2) is 17.6. The topological polar surface area (TPSA) is 113 Å². The summed E-state index contributed by atoms with van der Waals surface area (Å²) in [5, 5.41) is 15.6. The molecular weight excluding hydrogens is 791 g/mol. The number of aromatic hydroxyl groups is 1. The van der Waals surface area contributed by atoms with E-state index in [1.165, 1.54) is 12.1 Å². The van der Waals surface area contributed by atoms with E-state index in [4.69, 9.17) is 30.6 Å². The highest BCUT2D eigenvalue weighted by atomic mass is 19.1. The SMILES string of the molecule is C#Cc1c(F)ccc2cc(O)cc([C@@H]3COc4c(nc(OC[C@]5(C(C)(C)C)C[C@@H](F)CN5C5CCC(N6CCOC[C@@H]6C)CC5)nc4NCC4(N(C)C(=O)C=C)CCCC4)C3)c12. The van der Waals surface area contributed by atoms with Crippen LogP contribution in [-0.2, 0) is 16.0 Å². The van der Waals surface area contributed by atoms with E-state index in [0.717, 1.165) is 71.1 Å². The third kappa shape index (κ3) is 8.23. The number of likely N-dealkylation sites (tertiary alicyclic amines) is 1. The number of aromatic nitrogens is 2. The summed E-state index contributed by atoms with van der Waals surface area (Å²) in [6, 6.07) is 7.39. The molecule has 13 heteroatoms. The van der Waals surface area contributed by atoms with Gasteiger partial charge in [-0.1, -0.05) is 52.2 Å². The van der Waals surface area contributed by atoms with Crippen LogP contribution in [0.2, 0.25) is 0 Å². The molecule has 2 N–H and O–H groups in total. The van der Waals surface area contributed by atoms with Crippen LogP contribution in [0.4, 0.5) is 14.6 Å². The van der Waals surface area contributed by atoms with Gasteiger partial charge in [-0.15, -0.1) is 6.42 Å². The lowest BCUT2D eigenvalue weighted by molar-refractivity contribution is -0.129. The number of rotatable bonds is 11. The zero-order valence-electron chi connectivity index (χ0n) is 37.2. The number of phenolic OH excluding ortho intramolecular Hbond substituents is 1. The molecule has 0 bridgehead atoms. The summed E-state index contributed by atoms with van der Waals surface area (Å²) in [5.74, 6) is 2.45. The quantitative estimate of drug-likeness (QED) is 0.147. The van der Waals surface area contributed by atoms with Crippen molar-refractivity contribution in [3.63, 3.8) is 0 Å². The molecule has 334 valence electrons. The summed E-state index contributed by atoms with van der Waals surface area (Å²) in [4.78, 5) is 29.7. The van der Waals surface area contributed by atoms with Crippen LogP contribution in [0.25, 0.3) is 10.8 Å². The molecule has 5 aliphatic rings. The van der Waals surface area contributed by atoms with Gasteiger partial charge in [0.2, 0.25) is 5.91 Å². The third-order valence-electron chi connectivity index (χ3n) is 15.1. The van der Waals surface area contributed by atoms with Gasteiger partial charge < -0.3 is 29.5 Å². The molecule has 2 aromatic carbocycles. The van der Waals surface area contributed by atoms with E-state index in [1.54, 1.807) is 23.1 Å². The Balaban J connectivity index is 1.12. The molecular formula is C49H64F2N6O5. The molecule has 0 radical (unpaired) electrons. The second-order valence-electron chi connectivity index (χ2n) is 19.6. The summed E-state index contributed by atoms with van der Waals surface area (Å²) in [7, 11) is 1.82. The molecule has 8 rings (SSSR count). The summed E-state index contributed by atoms with van der Waals surface area (Å²) in [6.45, 7) is 16.1. The molecule has 3 aliphatic heterocycles. The first kappa shape index (κ1) is 44.1. The summed E-state index contributed by atoms with van der Waals surface area (Å²) < 4.78 is 50.2. The van der Waals surface area contributed by atoms with Crippen molar-refractivity contribution < 1.29 is 32.9 Å². The van der Waals surface area contributed by atoms with E-state index in [1.807, 2.05) is 7.05 Å². The number of alkyl halides is 1. The lowest BCUT2D eigenvalue weighted by Crippen LogP contribution is -2.61. The maximum atomic E-state index is 16.0. The lowest BCUT2D eigenvalue weighted by atomic mass is 9.71. The Labute approximate surface area is 365 Å². The normalized spacial score (nSPS) is 27.9. The highest BCUT2D eigenvalue weighted by Crippen LogP contribution is 2.49. The van der Waals surface area contributed by atoms with Crippen LogP contribution >= 0.6 is 0 Å². The van der Waals surface area contributed by atoms with Crippen LogP contribution in [0.3, 0.4) is 0 Å². The molecule has 3 aromatic rings. The molecule has 62 heavy (non-hydrogen) atoms. The van der Waals surface area contributed by atoms with Crippen LogP contribution < -0.4 is 14.8 Å². The van der Waals surface area contributed by atoms with E-state index in [2.05, 4.69) is 55.3 Å². The fraction of sp³-hybridized carbons (Fsp3) is 0.612. The van der Waals surface area contributed by atoms with E-state index >= 15 is 8.78 Å². The van der Waals surface area contributed by atoms with Gasteiger partial charge in [0.05, 0.1) is 42.2 Å². The van der Waals surface area contributed by atoms with E-state index in [9.17, 15) is 9.90 Å². The lowest BCUT2D eigenvalue weighted by Gasteiger charge is -2.52.